The summed E-state index contributed by atoms with van der Waals surface area (Å²) in [5, 5.41) is 9.25. The predicted molar refractivity (Wildman–Crippen MR) is 75.5 cm³/mol. The van der Waals surface area contributed by atoms with Gasteiger partial charge in [0.2, 0.25) is 0 Å². The Balaban J connectivity index is 1.86. The second-order valence-corrected chi connectivity index (χ2v) is 5.60. The quantitative estimate of drug-likeness (QED) is 0.848. The minimum Gasteiger partial charge on any atom is -0.384 e. The van der Waals surface area contributed by atoms with E-state index >= 15 is 0 Å². The molecule has 1 heterocycles. The summed E-state index contributed by atoms with van der Waals surface area (Å²) in [6.45, 7) is 2.96. The van der Waals surface area contributed by atoms with Crippen molar-refractivity contribution in [1.29, 1.82) is 0 Å². The van der Waals surface area contributed by atoms with Gasteiger partial charge in [-0.2, -0.15) is 11.8 Å². The molecule has 3 heteroatoms. The van der Waals surface area contributed by atoms with Crippen LogP contribution in [0.25, 0.3) is 0 Å². The van der Waals surface area contributed by atoms with E-state index in [4.69, 9.17) is 9.84 Å². The lowest BCUT2D eigenvalue weighted by molar-refractivity contribution is 0.127. The van der Waals surface area contributed by atoms with Crippen LogP contribution < -0.4 is 0 Å². The number of ether oxygens (including phenoxy) is 1. The number of aliphatic hydroxyl groups is 1. The summed E-state index contributed by atoms with van der Waals surface area (Å²) in [6.07, 6.45) is 1.54. The van der Waals surface area contributed by atoms with Crippen LogP contribution in [0.5, 0.6) is 0 Å². The molecular formula is C15H18O2S. The molecule has 0 amide bonds. The minimum absolute atomic E-state index is 0.0861. The summed E-state index contributed by atoms with van der Waals surface area (Å²) >= 11 is 1.97. The molecule has 2 atom stereocenters. The molecule has 0 bridgehead atoms. The Morgan fingerprint density at radius 1 is 1.39 bits per heavy atom. The highest BCUT2D eigenvalue weighted by Crippen LogP contribution is 2.28. The van der Waals surface area contributed by atoms with E-state index in [1.54, 1.807) is 0 Å². The molecule has 2 unspecified atom stereocenters. The van der Waals surface area contributed by atoms with Crippen LogP contribution in [-0.2, 0) is 10.5 Å². The topological polar surface area (TPSA) is 29.5 Å². The lowest BCUT2D eigenvalue weighted by Gasteiger charge is -2.13. The fourth-order valence-corrected chi connectivity index (χ4v) is 3.17. The number of benzene rings is 1. The molecule has 0 aliphatic carbocycles. The summed E-state index contributed by atoms with van der Waals surface area (Å²) in [6, 6.07) is 8.23. The molecule has 0 saturated carbocycles. The molecule has 2 rings (SSSR count). The Morgan fingerprint density at radius 3 is 2.78 bits per heavy atom. The molecule has 18 heavy (non-hydrogen) atoms. The van der Waals surface area contributed by atoms with Crippen molar-refractivity contribution in [3.8, 4) is 11.8 Å². The van der Waals surface area contributed by atoms with Crippen LogP contribution in [0.4, 0.5) is 0 Å². The molecule has 2 nitrogen and oxygen atoms in total. The molecule has 0 spiro atoms. The van der Waals surface area contributed by atoms with E-state index in [-0.39, 0.29) is 6.61 Å². The van der Waals surface area contributed by atoms with E-state index in [0.29, 0.717) is 11.4 Å². The van der Waals surface area contributed by atoms with Crippen LogP contribution in [0.3, 0.4) is 0 Å². The van der Waals surface area contributed by atoms with Gasteiger partial charge in [0.25, 0.3) is 0 Å². The zero-order valence-corrected chi connectivity index (χ0v) is 11.4. The van der Waals surface area contributed by atoms with Crippen LogP contribution >= 0.6 is 11.8 Å². The summed E-state index contributed by atoms with van der Waals surface area (Å²) in [5.41, 5.74) is 2.27. The highest BCUT2D eigenvalue weighted by Gasteiger charge is 2.24. The first-order valence-corrected chi connectivity index (χ1v) is 7.26. The number of rotatable bonds is 3. The van der Waals surface area contributed by atoms with Gasteiger partial charge in [-0.25, -0.2) is 0 Å². The van der Waals surface area contributed by atoms with Crippen molar-refractivity contribution in [1.82, 2.24) is 0 Å². The van der Waals surface area contributed by atoms with E-state index in [2.05, 4.69) is 30.9 Å². The van der Waals surface area contributed by atoms with Crippen molar-refractivity contribution >= 4 is 11.8 Å². The van der Waals surface area contributed by atoms with E-state index in [0.717, 1.165) is 24.3 Å². The maximum absolute atomic E-state index is 8.62. The predicted octanol–water partition coefficient (Wildman–Crippen LogP) is 2.44. The van der Waals surface area contributed by atoms with Crippen molar-refractivity contribution in [3.63, 3.8) is 0 Å². The van der Waals surface area contributed by atoms with Crippen molar-refractivity contribution < 1.29 is 9.84 Å². The average Bonchev–Trinajstić information content (AvgIpc) is 2.81. The van der Waals surface area contributed by atoms with E-state index in [1.807, 2.05) is 23.9 Å². The Hall–Kier alpha value is -0.950. The number of thioether (sulfide) groups is 1. The van der Waals surface area contributed by atoms with Gasteiger partial charge in [0.15, 0.2) is 0 Å². The van der Waals surface area contributed by atoms with Gasteiger partial charge in [-0.05, 0) is 31.0 Å². The molecule has 1 aromatic rings. The molecule has 0 radical (unpaired) electrons. The summed E-state index contributed by atoms with van der Waals surface area (Å²) < 4.78 is 5.55. The fourth-order valence-electron chi connectivity index (χ4n) is 1.96. The molecule has 96 valence electrons. The molecule has 1 saturated heterocycles. The molecule has 1 N–H and O–H groups in total. The zero-order valence-electron chi connectivity index (χ0n) is 10.6. The highest BCUT2D eigenvalue weighted by atomic mass is 32.2. The lowest BCUT2D eigenvalue weighted by Crippen LogP contribution is -2.13. The van der Waals surface area contributed by atoms with Gasteiger partial charge in [-0.15, -0.1) is 0 Å². The molecule has 0 aromatic heterocycles. The van der Waals surface area contributed by atoms with E-state index in [1.165, 1.54) is 5.56 Å². The van der Waals surface area contributed by atoms with Crippen LogP contribution in [0.2, 0.25) is 0 Å². The van der Waals surface area contributed by atoms with Crippen LogP contribution in [-0.4, -0.2) is 29.7 Å². The van der Waals surface area contributed by atoms with Crippen LogP contribution in [0, 0.1) is 11.8 Å². The Kier molecular flexibility index (Phi) is 5.12. The van der Waals surface area contributed by atoms with Gasteiger partial charge in [-0.1, -0.05) is 24.0 Å². The maximum Gasteiger partial charge on any atom is 0.104 e. The molecule has 1 aromatic carbocycles. The molecule has 1 fully saturated rings. The molecule has 1 aliphatic rings. The highest BCUT2D eigenvalue weighted by molar-refractivity contribution is 7.99. The third kappa shape index (κ3) is 3.78. The normalized spacial score (nSPS) is 22.6. The molecular weight excluding hydrogens is 244 g/mol. The lowest BCUT2D eigenvalue weighted by atomic mass is 10.1. The number of hydrogen-bond acceptors (Lipinski definition) is 3. The second-order valence-electron chi connectivity index (χ2n) is 4.37. The Labute approximate surface area is 113 Å². The third-order valence-electron chi connectivity index (χ3n) is 3.04. The van der Waals surface area contributed by atoms with E-state index in [9.17, 15) is 0 Å². The SMILES string of the molecule is CC1OCCC1SCc1ccc(C#CCO)cc1. The Morgan fingerprint density at radius 2 is 2.17 bits per heavy atom. The van der Waals surface area contributed by atoms with Crippen LogP contribution in [0.1, 0.15) is 24.5 Å². The largest absolute Gasteiger partial charge is 0.384 e. The van der Waals surface area contributed by atoms with Gasteiger partial charge in [0, 0.05) is 23.2 Å². The van der Waals surface area contributed by atoms with Crippen molar-refractivity contribution in [2.45, 2.75) is 30.5 Å². The first-order chi connectivity index (χ1) is 8.79. The van der Waals surface area contributed by atoms with Gasteiger partial charge in [0.05, 0.1) is 6.10 Å². The number of hydrogen-bond donors (Lipinski definition) is 1. The summed E-state index contributed by atoms with van der Waals surface area (Å²) in [5.74, 6) is 6.57. The average molecular weight is 262 g/mol. The first kappa shape index (κ1) is 13.5. The minimum atomic E-state index is -0.0861. The maximum atomic E-state index is 8.62. The summed E-state index contributed by atoms with van der Waals surface area (Å²) in [4.78, 5) is 0. The third-order valence-corrected chi connectivity index (χ3v) is 4.58. The standard InChI is InChI=1S/C15H18O2S/c1-12-15(8-10-17-12)18-11-14-6-4-13(5-7-14)3-2-9-16/h4-7,12,15-16H,8-11H2,1H3. The van der Waals surface area contributed by atoms with E-state index < -0.39 is 0 Å². The second kappa shape index (κ2) is 6.84. The number of aliphatic hydroxyl groups excluding tert-OH is 1. The van der Waals surface area contributed by atoms with Gasteiger partial charge in [-0.3, -0.25) is 0 Å². The monoisotopic (exact) mass is 262 g/mol. The first-order valence-electron chi connectivity index (χ1n) is 6.21. The molecule has 1 aliphatic heterocycles. The van der Waals surface area contributed by atoms with Crippen molar-refractivity contribution in [2.24, 2.45) is 0 Å². The fraction of sp³-hybridized carbons (Fsp3) is 0.467. The smallest absolute Gasteiger partial charge is 0.104 e. The van der Waals surface area contributed by atoms with Gasteiger partial charge in [0.1, 0.15) is 6.61 Å². The van der Waals surface area contributed by atoms with Crippen molar-refractivity contribution in [2.75, 3.05) is 13.2 Å². The van der Waals surface area contributed by atoms with Gasteiger partial charge < -0.3 is 9.84 Å². The zero-order chi connectivity index (χ0) is 12.8. The Bertz CT molecular complexity index is 430. The summed E-state index contributed by atoms with van der Waals surface area (Å²) in [7, 11) is 0. The van der Waals surface area contributed by atoms with Gasteiger partial charge >= 0.3 is 0 Å². The van der Waals surface area contributed by atoms with Crippen molar-refractivity contribution in [3.05, 3.63) is 35.4 Å². The van der Waals surface area contributed by atoms with Crippen LogP contribution in [0.15, 0.2) is 24.3 Å².